The number of halogens is 1. The molecule has 0 aromatic carbocycles. The summed E-state index contributed by atoms with van der Waals surface area (Å²) >= 11 is 0. The zero-order valence-electron chi connectivity index (χ0n) is 8.84. The molecule has 0 spiro atoms. The van der Waals surface area contributed by atoms with Gasteiger partial charge in [0.25, 0.3) is 0 Å². The molecule has 1 aliphatic rings. The van der Waals surface area contributed by atoms with Crippen LogP contribution >= 0.6 is 0 Å². The Morgan fingerprint density at radius 2 is 2.14 bits per heavy atom. The molecule has 1 aromatic rings. The predicted molar refractivity (Wildman–Crippen MR) is 51.6 cm³/mol. The molecule has 0 unspecified atom stereocenters. The van der Waals surface area contributed by atoms with E-state index in [1.165, 1.54) is 0 Å². The summed E-state index contributed by atoms with van der Waals surface area (Å²) in [6.07, 6.45) is 2.84. The minimum Gasteiger partial charge on any atom is -0.244 e. The largest absolute Gasteiger partial charge is 0.244 e. The van der Waals surface area contributed by atoms with Crippen LogP contribution in [0.3, 0.4) is 0 Å². The molecule has 0 bridgehead atoms. The van der Waals surface area contributed by atoms with Gasteiger partial charge in [-0.05, 0) is 25.7 Å². The number of rotatable bonds is 2. The van der Waals surface area contributed by atoms with Crippen LogP contribution in [0.4, 0.5) is 4.39 Å². The molecular weight excluding hydrogens is 181 g/mol. The van der Waals surface area contributed by atoms with Crippen molar-refractivity contribution < 1.29 is 4.39 Å². The molecule has 0 amide bonds. The molecule has 14 heavy (non-hydrogen) atoms. The van der Waals surface area contributed by atoms with E-state index in [1.807, 2.05) is 0 Å². The summed E-state index contributed by atoms with van der Waals surface area (Å²) in [5.74, 6) is 0.399. The Hall–Kier alpha value is -0.930. The summed E-state index contributed by atoms with van der Waals surface area (Å²) in [4.78, 5) is 0. The van der Waals surface area contributed by atoms with Gasteiger partial charge < -0.3 is 0 Å². The summed E-state index contributed by atoms with van der Waals surface area (Å²) in [6.45, 7) is 5.89. The van der Waals surface area contributed by atoms with Gasteiger partial charge in [-0.25, -0.2) is 4.39 Å². The maximum absolute atomic E-state index is 13.6. The van der Waals surface area contributed by atoms with Crippen molar-refractivity contribution in [3.8, 4) is 0 Å². The number of nitrogens with zero attached hydrogens (tertiary/aromatic N) is 2. The van der Waals surface area contributed by atoms with E-state index in [1.54, 1.807) is 13.1 Å². The van der Waals surface area contributed by atoms with Gasteiger partial charge in [0.1, 0.15) is 5.67 Å². The average Bonchev–Trinajstić information content (AvgIpc) is 2.50. The summed E-state index contributed by atoms with van der Waals surface area (Å²) in [5.41, 5.74) is -0.220. The van der Waals surface area contributed by atoms with Crippen LogP contribution in [0.2, 0.25) is 0 Å². The van der Waals surface area contributed by atoms with E-state index in [-0.39, 0.29) is 5.41 Å². The maximum atomic E-state index is 13.6. The minimum atomic E-state index is -1.02. The van der Waals surface area contributed by atoms with Gasteiger partial charge in [-0.3, -0.25) is 0 Å². The van der Waals surface area contributed by atoms with E-state index in [0.29, 0.717) is 18.8 Å². The first kappa shape index (κ1) is 9.62. The van der Waals surface area contributed by atoms with Crippen molar-refractivity contribution >= 4 is 0 Å². The third-order valence-corrected chi connectivity index (χ3v) is 3.40. The fourth-order valence-corrected chi connectivity index (χ4v) is 2.59. The van der Waals surface area contributed by atoms with E-state index >= 15 is 0 Å². The van der Waals surface area contributed by atoms with Gasteiger partial charge in [-0.15, -0.1) is 0 Å². The lowest BCUT2D eigenvalue weighted by Crippen LogP contribution is -2.53. The van der Waals surface area contributed by atoms with E-state index in [4.69, 9.17) is 0 Å². The van der Waals surface area contributed by atoms with Crippen molar-refractivity contribution in [3.05, 3.63) is 11.9 Å². The number of aromatic nitrogens is 3. The molecule has 0 radical (unpaired) electrons. The van der Waals surface area contributed by atoms with Crippen molar-refractivity contribution in [1.29, 1.82) is 0 Å². The van der Waals surface area contributed by atoms with Gasteiger partial charge in [0.2, 0.25) is 0 Å². The topological polar surface area (TPSA) is 41.6 Å². The van der Waals surface area contributed by atoms with Gasteiger partial charge in [-0.1, -0.05) is 13.8 Å². The Bertz CT molecular complexity index is 308. The second kappa shape index (κ2) is 2.78. The Labute approximate surface area is 83.1 Å². The molecule has 1 fully saturated rings. The molecule has 4 heteroatoms. The first-order chi connectivity index (χ1) is 6.46. The van der Waals surface area contributed by atoms with Crippen LogP contribution in [0.1, 0.15) is 39.3 Å². The highest BCUT2D eigenvalue weighted by molar-refractivity contribution is 5.23. The molecule has 3 nitrogen and oxygen atoms in total. The third-order valence-electron chi connectivity index (χ3n) is 3.40. The number of aromatic amines is 1. The number of nitrogens with one attached hydrogen (secondary N) is 1. The summed E-state index contributed by atoms with van der Waals surface area (Å²) in [7, 11) is 0. The van der Waals surface area contributed by atoms with Crippen LogP contribution in [-0.2, 0) is 5.41 Å². The Balaban J connectivity index is 2.28. The van der Waals surface area contributed by atoms with Crippen LogP contribution in [0, 0.1) is 5.92 Å². The normalized spacial score (nSPS) is 37.2. The van der Waals surface area contributed by atoms with E-state index in [2.05, 4.69) is 29.3 Å². The van der Waals surface area contributed by atoms with E-state index in [0.717, 1.165) is 5.69 Å². The first-order valence-electron chi connectivity index (χ1n) is 5.01. The van der Waals surface area contributed by atoms with Crippen LogP contribution in [0.15, 0.2) is 6.20 Å². The molecular formula is C10H16FN3. The van der Waals surface area contributed by atoms with Crippen LogP contribution in [0.5, 0.6) is 0 Å². The van der Waals surface area contributed by atoms with Gasteiger partial charge in [-0.2, -0.15) is 15.4 Å². The second-order valence-electron chi connectivity index (χ2n) is 4.93. The Kier molecular flexibility index (Phi) is 1.91. The highest BCUT2D eigenvalue weighted by Gasteiger charge is 2.56. The maximum Gasteiger partial charge on any atom is 0.110 e. The van der Waals surface area contributed by atoms with Crippen molar-refractivity contribution in [1.82, 2.24) is 15.4 Å². The molecule has 0 saturated heterocycles. The third kappa shape index (κ3) is 1.24. The van der Waals surface area contributed by atoms with E-state index < -0.39 is 5.67 Å². The van der Waals surface area contributed by atoms with Crippen LogP contribution < -0.4 is 0 Å². The molecule has 1 heterocycles. The lowest BCUT2D eigenvalue weighted by Gasteiger charge is -2.51. The highest BCUT2D eigenvalue weighted by Crippen LogP contribution is 2.55. The molecule has 2 rings (SSSR count). The lowest BCUT2D eigenvalue weighted by atomic mass is 9.54. The molecule has 1 N–H and O–H groups in total. The predicted octanol–water partition coefficient (Wildman–Crippen LogP) is 2.22. The summed E-state index contributed by atoms with van der Waals surface area (Å²) in [6, 6.07) is 0. The SMILES string of the molecule is CC(C)C1(c2cn[nH]n2)CC(C)(F)C1. The van der Waals surface area contributed by atoms with Crippen molar-refractivity contribution in [2.45, 2.75) is 44.7 Å². The molecule has 1 aliphatic carbocycles. The van der Waals surface area contributed by atoms with E-state index in [9.17, 15) is 4.39 Å². The summed E-state index contributed by atoms with van der Waals surface area (Å²) < 4.78 is 13.6. The molecule has 1 aromatic heterocycles. The number of hydrogen-bond acceptors (Lipinski definition) is 2. The number of hydrogen-bond donors (Lipinski definition) is 1. The van der Waals surface area contributed by atoms with Crippen molar-refractivity contribution in [2.24, 2.45) is 5.92 Å². The number of H-pyrrole nitrogens is 1. The minimum absolute atomic E-state index is 0.101. The zero-order valence-corrected chi connectivity index (χ0v) is 8.84. The first-order valence-corrected chi connectivity index (χ1v) is 5.01. The molecule has 78 valence electrons. The number of alkyl halides is 1. The quantitative estimate of drug-likeness (QED) is 0.789. The average molecular weight is 197 g/mol. The molecule has 0 aliphatic heterocycles. The van der Waals surface area contributed by atoms with Gasteiger partial charge in [0.15, 0.2) is 0 Å². The molecule has 0 atom stereocenters. The second-order valence-corrected chi connectivity index (χ2v) is 4.93. The fraction of sp³-hybridized carbons (Fsp3) is 0.800. The summed E-state index contributed by atoms with van der Waals surface area (Å²) in [5, 5.41) is 10.5. The Morgan fingerprint density at radius 1 is 1.50 bits per heavy atom. The smallest absolute Gasteiger partial charge is 0.110 e. The van der Waals surface area contributed by atoms with Gasteiger partial charge in [0, 0.05) is 5.41 Å². The van der Waals surface area contributed by atoms with Gasteiger partial charge in [0.05, 0.1) is 11.9 Å². The fourth-order valence-electron chi connectivity index (χ4n) is 2.59. The lowest BCUT2D eigenvalue weighted by molar-refractivity contribution is -0.0299. The zero-order chi connectivity index (χ0) is 10.4. The monoisotopic (exact) mass is 197 g/mol. The van der Waals surface area contributed by atoms with Crippen LogP contribution in [-0.4, -0.2) is 21.1 Å². The highest BCUT2D eigenvalue weighted by atomic mass is 19.1. The standard InChI is InChI=1S/C10H16FN3/c1-7(2)10(5-9(3,11)6-10)8-4-12-14-13-8/h4,7H,5-6H2,1-3H3,(H,12,13,14). The van der Waals surface area contributed by atoms with Crippen LogP contribution in [0.25, 0.3) is 0 Å². The van der Waals surface area contributed by atoms with Crippen molar-refractivity contribution in [3.63, 3.8) is 0 Å². The molecule has 1 saturated carbocycles. The van der Waals surface area contributed by atoms with Crippen molar-refractivity contribution in [2.75, 3.05) is 0 Å². The van der Waals surface area contributed by atoms with Gasteiger partial charge >= 0.3 is 0 Å². The Morgan fingerprint density at radius 3 is 2.50 bits per heavy atom.